The van der Waals surface area contributed by atoms with Crippen LogP contribution in [-0.4, -0.2) is 5.75 Å². The first-order chi connectivity index (χ1) is 8.65. The molecule has 2 aromatic heterocycles. The van der Waals surface area contributed by atoms with Crippen LogP contribution in [0.2, 0.25) is 0 Å². The summed E-state index contributed by atoms with van der Waals surface area (Å²) in [4.78, 5) is 4.12. The van der Waals surface area contributed by atoms with Crippen molar-refractivity contribution in [2.24, 2.45) is 5.73 Å². The highest BCUT2D eigenvalue weighted by atomic mass is 79.9. The third-order valence-electron chi connectivity index (χ3n) is 3.14. The van der Waals surface area contributed by atoms with Crippen LogP contribution >= 0.6 is 50.4 Å². The van der Waals surface area contributed by atoms with E-state index in [4.69, 9.17) is 5.73 Å². The van der Waals surface area contributed by atoms with E-state index in [0.29, 0.717) is 0 Å². The van der Waals surface area contributed by atoms with E-state index in [1.807, 2.05) is 23.1 Å². The quantitative estimate of drug-likeness (QED) is 0.839. The Morgan fingerprint density at radius 2 is 2.06 bits per heavy atom. The maximum atomic E-state index is 6.40. The molecule has 0 saturated carbocycles. The lowest BCUT2D eigenvalue weighted by atomic mass is 10.1. The van der Waals surface area contributed by atoms with Crippen molar-refractivity contribution in [3.05, 3.63) is 41.7 Å². The SMILES string of the molecule is Cc1cc(C(N)c2cc3c(s2)CCSC3)sc1Br. The molecule has 3 heterocycles. The van der Waals surface area contributed by atoms with Crippen molar-refractivity contribution in [1.82, 2.24) is 0 Å². The van der Waals surface area contributed by atoms with E-state index in [0.717, 1.165) is 5.75 Å². The Morgan fingerprint density at radius 3 is 2.72 bits per heavy atom. The van der Waals surface area contributed by atoms with Gasteiger partial charge in [-0.3, -0.25) is 0 Å². The van der Waals surface area contributed by atoms with Crippen molar-refractivity contribution in [1.29, 1.82) is 0 Å². The molecule has 2 N–H and O–H groups in total. The van der Waals surface area contributed by atoms with Crippen LogP contribution in [-0.2, 0) is 12.2 Å². The van der Waals surface area contributed by atoms with E-state index in [-0.39, 0.29) is 6.04 Å². The van der Waals surface area contributed by atoms with E-state index in [2.05, 4.69) is 35.0 Å². The van der Waals surface area contributed by atoms with E-state index < -0.39 is 0 Å². The highest BCUT2D eigenvalue weighted by Gasteiger charge is 2.19. The molecular weight excluding hydrogens is 346 g/mol. The number of hydrogen-bond donors (Lipinski definition) is 1. The number of rotatable bonds is 2. The van der Waals surface area contributed by atoms with Gasteiger partial charge in [-0.25, -0.2) is 0 Å². The van der Waals surface area contributed by atoms with Gasteiger partial charge in [0.2, 0.25) is 0 Å². The van der Waals surface area contributed by atoms with Crippen LogP contribution in [0, 0.1) is 6.92 Å². The van der Waals surface area contributed by atoms with Gasteiger partial charge in [0.05, 0.1) is 9.83 Å². The summed E-state index contributed by atoms with van der Waals surface area (Å²) < 4.78 is 1.20. The maximum absolute atomic E-state index is 6.40. The zero-order valence-electron chi connectivity index (χ0n) is 10.0. The molecule has 2 aromatic rings. The summed E-state index contributed by atoms with van der Waals surface area (Å²) >= 11 is 9.27. The van der Waals surface area contributed by atoms with Crippen molar-refractivity contribution in [2.75, 3.05) is 5.75 Å². The number of thiophene rings is 2. The predicted molar refractivity (Wildman–Crippen MR) is 87.0 cm³/mol. The Morgan fingerprint density at radius 1 is 1.28 bits per heavy atom. The molecule has 18 heavy (non-hydrogen) atoms. The smallest absolute Gasteiger partial charge is 0.0740 e. The van der Waals surface area contributed by atoms with Crippen LogP contribution in [0.25, 0.3) is 0 Å². The van der Waals surface area contributed by atoms with Crippen LogP contribution in [0.5, 0.6) is 0 Å². The fraction of sp³-hybridized carbons (Fsp3) is 0.385. The van der Waals surface area contributed by atoms with Gasteiger partial charge in [-0.15, -0.1) is 22.7 Å². The van der Waals surface area contributed by atoms with E-state index >= 15 is 0 Å². The first-order valence-electron chi connectivity index (χ1n) is 5.86. The summed E-state index contributed by atoms with van der Waals surface area (Å²) in [5, 5.41) is 0. The van der Waals surface area contributed by atoms with Gasteiger partial charge in [0, 0.05) is 20.4 Å². The lowest BCUT2D eigenvalue weighted by molar-refractivity contribution is 0.915. The molecule has 96 valence electrons. The van der Waals surface area contributed by atoms with Gasteiger partial charge in [0.1, 0.15) is 0 Å². The molecule has 0 saturated heterocycles. The molecule has 5 heteroatoms. The Bertz CT molecular complexity index is 530. The van der Waals surface area contributed by atoms with Gasteiger partial charge >= 0.3 is 0 Å². The van der Waals surface area contributed by atoms with E-state index in [1.165, 1.54) is 36.8 Å². The average Bonchev–Trinajstić information content (AvgIpc) is 2.93. The lowest BCUT2D eigenvalue weighted by Crippen LogP contribution is -2.08. The Hall–Kier alpha value is 0.190. The number of aryl methyl sites for hydroxylation is 2. The summed E-state index contributed by atoms with van der Waals surface area (Å²) in [6.07, 6.45) is 1.21. The van der Waals surface area contributed by atoms with Gasteiger partial charge in [-0.1, -0.05) is 0 Å². The Labute approximate surface area is 128 Å². The summed E-state index contributed by atoms with van der Waals surface area (Å²) in [6, 6.07) is 4.56. The second-order valence-electron chi connectivity index (χ2n) is 4.48. The first kappa shape index (κ1) is 13.2. The highest BCUT2D eigenvalue weighted by molar-refractivity contribution is 9.11. The molecule has 1 nitrogen and oxygen atoms in total. The fourth-order valence-electron chi connectivity index (χ4n) is 2.10. The molecule has 1 aliphatic heterocycles. The fourth-order valence-corrected chi connectivity index (χ4v) is 6.16. The molecule has 0 fully saturated rings. The highest BCUT2D eigenvalue weighted by Crippen LogP contribution is 2.38. The predicted octanol–water partition coefficient (Wildman–Crippen LogP) is 4.72. The maximum Gasteiger partial charge on any atom is 0.0740 e. The van der Waals surface area contributed by atoms with Gasteiger partial charge in [0.15, 0.2) is 0 Å². The average molecular weight is 360 g/mol. The molecule has 0 aliphatic carbocycles. The van der Waals surface area contributed by atoms with E-state index in [9.17, 15) is 0 Å². The summed E-state index contributed by atoms with van der Waals surface area (Å²) in [5.74, 6) is 2.41. The van der Waals surface area contributed by atoms with Crippen molar-refractivity contribution in [3.8, 4) is 0 Å². The number of hydrogen-bond acceptors (Lipinski definition) is 4. The number of nitrogens with two attached hydrogens (primary N) is 1. The second kappa shape index (κ2) is 5.29. The van der Waals surface area contributed by atoms with E-state index in [1.54, 1.807) is 16.2 Å². The molecule has 1 aliphatic rings. The minimum Gasteiger partial charge on any atom is -0.319 e. The standard InChI is InChI=1S/C13H14BrNS3/c1-7-4-10(18-13(7)14)12(15)11-5-8-6-16-3-2-9(8)17-11/h4-5,12H,2-3,6,15H2,1H3. The molecule has 0 spiro atoms. The monoisotopic (exact) mass is 359 g/mol. The first-order valence-corrected chi connectivity index (χ1v) is 9.44. The molecule has 0 aromatic carbocycles. The normalized spacial score (nSPS) is 16.6. The van der Waals surface area contributed by atoms with Crippen molar-refractivity contribution >= 4 is 50.4 Å². The van der Waals surface area contributed by atoms with Gasteiger partial charge in [-0.05, 0) is 58.3 Å². The molecule has 3 rings (SSSR count). The third kappa shape index (κ3) is 2.43. The topological polar surface area (TPSA) is 26.0 Å². The third-order valence-corrected chi connectivity index (χ3v) is 7.68. The lowest BCUT2D eigenvalue weighted by Gasteiger charge is -2.08. The number of thioether (sulfide) groups is 1. The molecule has 0 radical (unpaired) electrons. The minimum absolute atomic E-state index is 0.0422. The van der Waals surface area contributed by atoms with Gasteiger partial charge in [0.25, 0.3) is 0 Å². The van der Waals surface area contributed by atoms with Crippen LogP contribution in [0.3, 0.4) is 0 Å². The van der Waals surface area contributed by atoms with Crippen LogP contribution < -0.4 is 5.73 Å². The minimum atomic E-state index is 0.0422. The van der Waals surface area contributed by atoms with Gasteiger partial charge < -0.3 is 5.73 Å². The molecule has 0 amide bonds. The molecular formula is C13H14BrNS3. The van der Waals surface area contributed by atoms with Crippen molar-refractivity contribution < 1.29 is 0 Å². The van der Waals surface area contributed by atoms with Gasteiger partial charge in [-0.2, -0.15) is 11.8 Å². The van der Waals surface area contributed by atoms with Crippen LogP contribution in [0.15, 0.2) is 15.9 Å². The Kier molecular flexibility index (Phi) is 3.87. The van der Waals surface area contributed by atoms with Crippen molar-refractivity contribution in [3.63, 3.8) is 0 Å². The molecule has 1 atom stereocenters. The van der Waals surface area contributed by atoms with Crippen LogP contribution in [0.1, 0.15) is 31.8 Å². The van der Waals surface area contributed by atoms with Crippen LogP contribution in [0.4, 0.5) is 0 Å². The van der Waals surface area contributed by atoms with Crippen molar-refractivity contribution in [2.45, 2.75) is 25.1 Å². The zero-order chi connectivity index (χ0) is 12.7. The molecule has 0 bridgehead atoms. The number of halogens is 1. The number of fused-ring (bicyclic) bond motifs is 1. The summed E-state index contributed by atoms with van der Waals surface area (Å²) in [6.45, 7) is 2.12. The second-order valence-corrected chi connectivity index (χ2v) is 9.16. The summed E-state index contributed by atoms with van der Waals surface area (Å²) in [5.41, 5.74) is 9.19. The molecule has 1 unspecified atom stereocenters. The largest absolute Gasteiger partial charge is 0.319 e. The Balaban J connectivity index is 1.92. The summed E-state index contributed by atoms with van der Waals surface area (Å²) in [7, 11) is 0. The zero-order valence-corrected chi connectivity index (χ0v) is 14.1.